The van der Waals surface area contributed by atoms with E-state index in [4.69, 9.17) is 9.47 Å². The molecule has 6 nitrogen and oxygen atoms in total. The highest BCUT2D eigenvalue weighted by Gasteiger charge is 2.24. The van der Waals surface area contributed by atoms with Gasteiger partial charge in [-0.25, -0.2) is 0 Å². The van der Waals surface area contributed by atoms with Gasteiger partial charge in [-0.3, -0.25) is 9.59 Å². The minimum Gasteiger partial charge on any atom is -0.489 e. The van der Waals surface area contributed by atoms with E-state index in [0.29, 0.717) is 26.1 Å². The average molecular weight is 493 g/mol. The molecule has 0 fully saturated rings. The highest BCUT2D eigenvalue weighted by molar-refractivity contribution is 6.01. The lowest BCUT2D eigenvalue weighted by atomic mass is 10.1. The van der Waals surface area contributed by atoms with Crippen molar-refractivity contribution in [2.24, 2.45) is 0 Å². The summed E-state index contributed by atoms with van der Waals surface area (Å²) in [5.41, 5.74) is 6.18. The molecule has 1 N–H and O–H groups in total. The van der Waals surface area contributed by atoms with E-state index in [2.05, 4.69) is 5.32 Å². The van der Waals surface area contributed by atoms with Crippen molar-refractivity contribution in [1.82, 2.24) is 0 Å². The predicted molar refractivity (Wildman–Crippen MR) is 144 cm³/mol. The van der Waals surface area contributed by atoms with Crippen molar-refractivity contribution in [3.8, 4) is 11.5 Å². The SMILES string of the molecule is CN1C(=O)Cc2ccc(OCc3ccccc3)cc21.O=C1Cc2ccc(OCc3ccccc3)cc2N1. The molecule has 0 radical (unpaired) electrons. The normalized spacial score (nSPS) is 13.3. The molecule has 0 atom stereocenters. The fourth-order valence-electron chi connectivity index (χ4n) is 4.28. The minimum atomic E-state index is 0.0465. The molecule has 0 aliphatic carbocycles. The molecule has 37 heavy (non-hydrogen) atoms. The van der Waals surface area contributed by atoms with Gasteiger partial charge in [0.25, 0.3) is 0 Å². The first-order valence-corrected chi connectivity index (χ1v) is 12.2. The van der Waals surface area contributed by atoms with Crippen LogP contribution in [-0.2, 0) is 35.6 Å². The summed E-state index contributed by atoms with van der Waals surface area (Å²) in [4.78, 5) is 24.5. The average Bonchev–Trinajstić information content (AvgIpc) is 3.44. The molecule has 4 aromatic rings. The van der Waals surface area contributed by atoms with Gasteiger partial charge in [0.2, 0.25) is 11.8 Å². The van der Waals surface area contributed by atoms with Crippen LogP contribution in [0.15, 0.2) is 97.1 Å². The van der Waals surface area contributed by atoms with Crippen LogP contribution >= 0.6 is 0 Å². The topological polar surface area (TPSA) is 67.9 Å². The van der Waals surface area contributed by atoms with Gasteiger partial charge in [0.1, 0.15) is 24.7 Å². The maximum absolute atomic E-state index is 11.6. The Hall–Kier alpha value is -4.58. The standard InChI is InChI=1S/C16H15NO2.C15H13NO2/c1-17-15-10-14(8-7-13(15)9-16(17)18)19-11-12-5-3-2-4-6-12;17-15-8-12-6-7-13(9-14(12)16-15)18-10-11-4-2-1-3-5-11/h2-8,10H,9,11H2,1H3;1-7,9H,8,10H2,(H,16,17). The second-order valence-corrected chi connectivity index (χ2v) is 9.01. The number of rotatable bonds is 6. The maximum atomic E-state index is 11.6. The number of nitrogens with one attached hydrogen (secondary N) is 1. The van der Waals surface area contributed by atoms with E-state index in [1.807, 2.05) is 97.1 Å². The summed E-state index contributed by atoms with van der Waals surface area (Å²) < 4.78 is 11.5. The fourth-order valence-corrected chi connectivity index (χ4v) is 4.28. The van der Waals surface area contributed by atoms with Gasteiger partial charge in [-0.1, -0.05) is 72.8 Å². The molecule has 2 aliphatic heterocycles. The van der Waals surface area contributed by atoms with Gasteiger partial charge in [-0.05, 0) is 34.4 Å². The molecule has 0 spiro atoms. The van der Waals surface area contributed by atoms with Crippen molar-refractivity contribution in [2.45, 2.75) is 26.1 Å². The van der Waals surface area contributed by atoms with Gasteiger partial charge in [0.15, 0.2) is 0 Å². The molecular formula is C31H28N2O4. The van der Waals surface area contributed by atoms with Crippen molar-refractivity contribution < 1.29 is 19.1 Å². The van der Waals surface area contributed by atoms with Crippen LogP contribution in [0.3, 0.4) is 0 Å². The Balaban J connectivity index is 0.000000152. The largest absolute Gasteiger partial charge is 0.489 e. The summed E-state index contributed by atoms with van der Waals surface area (Å²) in [7, 11) is 1.80. The first-order valence-electron chi connectivity index (χ1n) is 12.2. The number of fused-ring (bicyclic) bond motifs is 2. The quantitative estimate of drug-likeness (QED) is 0.384. The number of likely N-dealkylation sites (N-methyl/N-ethyl adjacent to an activating group) is 1. The Morgan fingerprint density at radius 1 is 0.703 bits per heavy atom. The zero-order chi connectivity index (χ0) is 25.6. The lowest BCUT2D eigenvalue weighted by Crippen LogP contribution is -2.20. The molecule has 0 saturated carbocycles. The Kier molecular flexibility index (Phi) is 7.17. The van der Waals surface area contributed by atoms with E-state index in [1.165, 1.54) is 0 Å². The van der Waals surface area contributed by atoms with Crippen molar-refractivity contribution >= 4 is 23.2 Å². The molecule has 2 amide bonds. The van der Waals surface area contributed by atoms with Gasteiger partial charge < -0.3 is 19.7 Å². The van der Waals surface area contributed by atoms with Gasteiger partial charge in [-0.15, -0.1) is 0 Å². The smallest absolute Gasteiger partial charge is 0.231 e. The van der Waals surface area contributed by atoms with Crippen molar-refractivity contribution in [3.05, 3.63) is 119 Å². The second-order valence-electron chi connectivity index (χ2n) is 9.01. The lowest BCUT2D eigenvalue weighted by Gasteiger charge is -2.12. The van der Waals surface area contributed by atoms with Crippen LogP contribution in [0.4, 0.5) is 11.4 Å². The molecule has 6 heteroatoms. The van der Waals surface area contributed by atoms with E-state index in [1.54, 1.807) is 11.9 Å². The summed E-state index contributed by atoms with van der Waals surface area (Å²) in [6, 6.07) is 31.6. The summed E-state index contributed by atoms with van der Waals surface area (Å²) in [6.45, 7) is 1.07. The third-order valence-corrected chi connectivity index (χ3v) is 6.34. The van der Waals surface area contributed by atoms with E-state index in [0.717, 1.165) is 45.1 Å². The third kappa shape index (κ3) is 5.98. The highest BCUT2D eigenvalue weighted by Crippen LogP contribution is 2.31. The summed E-state index contributed by atoms with van der Waals surface area (Å²) in [5.74, 6) is 1.75. The number of ether oxygens (including phenoxy) is 2. The molecule has 0 saturated heterocycles. The Bertz CT molecular complexity index is 1400. The molecule has 6 rings (SSSR count). The molecule has 2 heterocycles. The molecule has 186 valence electrons. The van der Waals surface area contributed by atoms with Crippen LogP contribution in [0.25, 0.3) is 0 Å². The number of hydrogen-bond acceptors (Lipinski definition) is 4. The Labute approximate surface area is 216 Å². The first kappa shape index (κ1) is 24.1. The number of carbonyl (C=O) groups is 2. The van der Waals surface area contributed by atoms with Crippen LogP contribution < -0.4 is 19.7 Å². The molecule has 0 bridgehead atoms. The minimum absolute atomic E-state index is 0.0465. The van der Waals surface area contributed by atoms with Gasteiger partial charge >= 0.3 is 0 Å². The van der Waals surface area contributed by atoms with Gasteiger partial charge in [-0.2, -0.15) is 0 Å². The Morgan fingerprint density at radius 2 is 1.27 bits per heavy atom. The van der Waals surface area contributed by atoms with E-state index in [9.17, 15) is 9.59 Å². The second kappa shape index (κ2) is 11.0. The number of nitrogens with zero attached hydrogens (tertiary/aromatic N) is 1. The number of benzene rings is 4. The number of anilines is 2. The third-order valence-electron chi connectivity index (χ3n) is 6.34. The molecule has 4 aromatic carbocycles. The predicted octanol–water partition coefficient (Wildman–Crippen LogP) is 5.54. The maximum Gasteiger partial charge on any atom is 0.231 e. The van der Waals surface area contributed by atoms with Crippen molar-refractivity contribution in [2.75, 3.05) is 17.3 Å². The van der Waals surface area contributed by atoms with Gasteiger partial charge in [0.05, 0.1) is 18.5 Å². The number of hydrogen-bond donors (Lipinski definition) is 1. The fraction of sp³-hybridized carbons (Fsp3) is 0.161. The molecule has 0 unspecified atom stereocenters. The van der Waals surface area contributed by atoms with Crippen LogP contribution in [0.1, 0.15) is 22.3 Å². The van der Waals surface area contributed by atoms with E-state index >= 15 is 0 Å². The highest BCUT2D eigenvalue weighted by atomic mass is 16.5. The van der Waals surface area contributed by atoms with Crippen LogP contribution in [0.5, 0.6) is 11.5 Å². The van der Waals surface area contributed by atoms with Crippen LogP contribution in [-0.4, -0.2) is 18.9 Å². The summed E-state index contributed by atoms with van der Waals surface area (Å²) >= 11 is 0. The lowest BCUT2D eigenvalue weighted by molar-refractivity contribution is -0.117. The first-order chi connectivity index (χ1) is 18.0. The number of amides is 2. The van der Waals surface area contributed by atoms with Gasteiger partial charge in [0, 0.05) is 24.9 Å². The molecule has 0 aromatic heterocycles. The van der Waals surface area contributed by atoms with Crippen LogP contribution in [0.2, 0.25) is 0 Å². The monoisotopic (exact) mass is 492 g/mol. The summed E-state index contributed by atoms with van der Waals surface area (Å²) in [5, 5.41) is 2.82. The summed E-state index contributed by atoms with van der Waals surface area (Å²) in [6.07, 6.45) is 0.957. The molecular weight excluding hydrogens is 464 g/mol. The van der Waals surface area contributed by atoms with Crippen molar-refractivity contribution in [1.29, 1.82) is 0 Å². The Morgan fingerprint density at radius 3 is 1.89 bits per heavy atom. The van der Waals surface area contributed by atoms with E-state index in [-0.39, 0.29) is 11.8 Å². The zero-order valence-corrected chi connectivity index (χ0v) is 20.6. The number of carbonyl (C=O) groups excluding carboxylic acids is 2. The van der Waals surface area contributed by atoms with Crippen LogP contribution in [0, 0.1) is 0 Å². The zero-order valence-electron chi connectivity index (χ0n) is 20.6. The van der Waals surface area contributed by atoms with E-state index < -0.39 is 0 Å². The van der Waals surface area contributed by atoms with Crippen molar-refractivity contribution in [3.63, 3.8) is 0 Å². The molecule has 2 aliphatic rings.